The molecule has 0 spiro atoms. The van der Waals surface area contributed by atoms with Crippen molar-refractivity contribution in [2.45, 2.75) is 19.6 Å². The molecule has 0 radical (unpaired) electrons. The predicted molar refractivity (Wildman–Crippen MR) is 112 cm³/mol. The van der Waals surface area contributed by atoms with Crippen molar-refractivity contribution >= 4 is 29.4 Å². The van der Waals surface area contributed by atoms with Crippen LogP contribution in [0.1, 0.15) is 12.5 Å². The van der Waals surface area contributed by atoms with Gasteiger partial charge in [0.05, 0.1) is 13.1 Å². The molecule has 156 valence electrons. The van der Waals surface area contributed by atoms with Gasteiger partial charge in [-0.2, -0.15) is 0 Å². The van der Waals surface area contributed by atoms with Crippen LogP contribution >= 0.6 is 0 Å². The molecule has 2 fully saturated rings. The third-order valence-electron chi connectivity index (χ3n) is 5.24. The van der Waals surface area contributed by atoms with E-state index in [-0.39, 0.29) is 24.6 Å². The maximum Gasteiger partial charge on any atom is 0.414 e. The second-order valence-corrected chi connectivity index (χ2v) is 7.41. The minimum absolute atomic E-state index is 0.0254. The van der Waals surface area contributed by atoms with Gasteiger partial charge in [-0.1, -0.05) is 30.3 Å². The topological polar surface area (TPSA) is 82.2 Å². The van der Waals surface area contributed by atoms with Gasteiger partial charge in [0, 0.05) is 37.9 Å². The van der Waals surface area contributed by atoms with Gasteiger partial charge in [0.15, 0.2) is 0 Å². The Bertz CT molecular complexity index is 932. The molecule has 2 saturated heterocycles. The van der Waals surface area contributed by atoms with Gasteiger partial charge < -0.3 is 15.0 Å². The summed E-state index contributed by atoms with van der Waals surface area (Å²) in [7, 11) is 0. The van der Waals surface area contributed by atoms with Crippen LogP contribution in [0.4, 0.5) is 21.0 Å². The van der Waals surface area contributed by atoms with Gasteiger partial charge in [0.2, 0.25) is 5.91 Å². The van der Waals surface area contributed by atoms with E-state index in [1.807, 2.05) is 59.5 Å². The van der Waals surface area contributed by atoms with Crippen molar-refractivity contribution in [1.82, 2.24) is 10.2 Å². The van der Waals surface area contributed by atoms with Gasteiger partial charge in [-0.05, 0) is 29.8 Å². The first kappa shape index (κ1) is 19.8. The summed E-state index contributed by atoms with van der Waals surface area (Å²) in [6.07, 6.45) is -0.822. The standard InChI is InChI=1S/C22H24N4O4/c1-16(27)23-13-20-15-26(22(29)30-20)19-9-7-18(8-10-19)25-12-11-24(21(25)28)14-17-5-3-2-4-6-17/h2-10,20H,11-15H2,1H3,(H,23,27)/t20-/m0/s1. The van der Waals surface area contributed by atoms with Crippen LogP contribution in [0, 0.1) is 0 Å². The summed E-state index contributed by atoms with van der Waals surface area (Å²) >= 11 is 0. The summed E-state index contributed by atoms with van der Waals surface area (Å²) in [6, 6.07) is 17.2. The molecule has 0 bridgehead atoms. The molecule has 2 aromatic carbocycles. The third-order valence-corrected chi connectivity index (χ3v) is 5.24. The fraction of sp³-hybridized carbons (Fsp3) is 0.318. The molecule has 8 heteroatoms. The molecule has 0 unspecified atom stereocenters. The fourth-order valence-electron chi connectivity index (χ4n) is 3.68. The molecular formula is C22H24N4O4. The van der Waals surface area contributed by atoms with E-state index in [1.54, 1.807) is 4.90 Å². The summed E-state index contributed by atoms with van der Waals surface area (Å²) in [5.41, 5.74) is 2.59. The van der Waals surface area contributed by atoms with Crippen molar-refractivity contribution in [1.29, 1.82) is 0 Å². The Morgan fingerprint density at radius 2 is 1.67 bits per heavy atom. The minimum Gasteiger partial charge on any atom is -0.442 e. The largest absolute Gasteiger partial charge is 0.442 e. The first-order valence-electron chi connectivity index (χ1n) is 9.94. The Hall–Kier alpha value is -3.55. The normalized spacial score (nSPS) is 18.7. The second kappa shape index (κ2) is 8.44. The molecule has 0 aliphatic carbocycles. The van der Waals surface area contributed by atoms with Gasteiger partial charge in [0.25, 0.3) is 0 Å². The molecule has 2 heterocycles. The van der Waals surface area contributed by atoms with Crippen LogP contribution in [0.2, 0.25) is 0 Å². The average molecular weight is 408 g/mol. The lowest BCUT2D eigenvalue weighted by Crippen LogP contribution is -2.33. The number of nitrogens with zero attached hydrogens (tertiary/aromatic N) is 3. The van der Waals surface area contributed by atoms with Gasteiger partial charge >= 0.3 is 12.1 Å². The predicted octanol–water partition coefficient (Wildman–Crippen LogP) is 2.59. The smallest absolute Gasteiger partial charge is 0.414 e. The molecule has 1 N–H and O–H groups in total. The highest BCUT2D eigenvalue weighted by Gasteiger charge is 2.33. The van der Waals surface area contributed by atoms with Crippen LogP contribution in [0.15, 0.2) is 54.6 Å². The lowest BCUT2D eigenvalue weighted by Gasteiger charge is -2.20. The van der Waals surface area contributed by atoms with Crippen molar-refractivity contribution in [2.24, 2.45) is 0 Å². The van der Waals surface area contributed by atoms with E-state index in [0.29, 0.717) is 31.9 Å². The number of rotatable bonds is 6. The highest BCUT2D eigenvalue weighted by atomic mass is 16.6. The van der Waals surface area contributed by atoms with Crippen LogP contribution in [-0.4, -0.2) is 55.2 Å². The van der Waals surface area contributed by atoms with Crippen molar-refractivity contribution in [2.75, 3.05) is 36.0 Å². The van der Waals surface area contributed by atoms with Crippen molar-refractivity contribution < 1.29 is 19.1 Å². The quantitative estimate of drug-likeness (QED) is 0.797. The Kier molecular flexibility index (Phi) is 5.56. The minimum atomic E-state index is -0.440. The highest BCUT2D eigenvalue weighted by Crippen LogP contribution is 2.27. The van der Waals surface area contributed by atoms with Crippen LogP contribution in [-0.2, 0) is 16.1 Å². The molecule has 2 aromatic rings. The summed E-state index contributed by atoms with van der Waals surface area (Å²) in [5, 5.41) is 2.66. The number of hydrogen-bond acceptors (Lipinski definition) is 4. The number of cyclic esters (lactones) is 1. The van der Waals surface area contributed by atoms with Crippen LogP contribution < -0.4 is 15.1 Å². The number of nitrogens with one attached hydrogen (secondary N) is 1. The second-order valence-electron chi connectivity index (χ2n) is 7.41. The molecule has 2 aliphatic rings. The molecule has 4 rings (SSSR count). The summed E-state index contributed by atoms with van der Waals surface area (Å²) in [4.78, 5) is 41.1. The summed E-state index contributed by atoms with van der Waals surface area (Å²) < 4.78 is 5.30. The molecule has 2 aliphatic heterocycles. The average Bonchev–Trinajstić information content (AvgIpc) is 3.30. The Labute approximate surface area is 175 Å². The maximum absolute atomic E-state index is 12.8. The Balaban J connectivity index is 1.38. The zero-order valence-electron chi connectivity index (χ0n) is 16.8. The van der Waals surface area contributed by atoms with Crippen LogP contribution in [0.5, 0.6) is 0 Å². The fourth-order valence-corrected chi connectivity index (χ4v) is 3.68. The number of anilines is 2. The van der Waals surface area contributed by atoms with Crippen molar-refractivity contribution in [3.8, 4) is 0 Å². The van der Waals surface area contributed by atoms with Gasteiger partial charge in [-0.3, -0.25) is 14.6 Å². The molecular weight excluding hydrogens is 384 g/mol. The number of urea groups is 1. The summed E-state index contributed by atoms with van der Waals surface area (Å²) in [5.74, 6) is -0.162. The van der Waals surface area contributed by atoms with Crippen molar-refractivity contribution in [3.63, 3.8) is 0 Å². The van der Waals surface area contributed by atoms with E-state index in [1.165, 1.54) is 11.8 Å². The number of hydrogen-bond donors (Lipinski definition) is 1. The number of carbonyl (C=O) groups is 3. The number of benzene rings is 2. The Morgan fingerprint density at radius 3 is 2.33 bits per heavy atom. The first-order chi connectivity index (χ1) is 14.5. The molecule has 30 heavy (non-hydrogen) atoms. The van der Waals surface area contributed by atoms with Crippen LogP contribution in [0.25, 0.3) is 0 Å². The molecule has 1 atom stereocenters. The highest BCUT2D eigenvalue weighted by molar-refractivity contribution is 5.95. The van der Waals surface area contributed by atoms with Crippen molar-refractivity contribution in [3.05, 3.63) is 60.2 Å². The monoisotopic (exact) mass is 408 g/mol. The Morgan fingerprint density at radius 1 is 1.00 bits per heavy atom. The lowest BCUT2D eigenvalue weighted by molar-refractivity contribution is -0.119. The lowest BCUT2D eigenvalue weighted by atomic mass is 10.2. The van der Waals surface area contributed by atoms with E-state index in [0.717, 1.165) is 11.3 Å². The molecule has 4 amide bonds. The van der Waals surface area contributed by atoms with Gasteiger partial charge in [0.1, 0.15) is 6.10 Å². The number of carbonyl (C=O) groups excluding carboxylic acids is 3. The molecule has 0 saturated carbocycles. The van der Waals surface area contributed by atoms with Crippen LogP contribution in [0.3, 0.4) is 0 Å². The van der Waals surface area contributed by atoms with E-state index in [4.69, 9.17) is 4.74 Å². The SMILES string of the molecule is CC(=O)NC[C@H]1CN(c2ccc(N3CCN(Cc4ccccc4)C3=O)cc2)C(=O)O1. The van der Waals surface area contributed by atoms with E-state index < -0.39 is 6.09 Å². The van der Waals surface area contributed by atoms with Gasteiger partial charge in [-0.25, -0.2) is 9.59 Å². The number of ether oxygens (including phenoxy) is 1. The van der Waals surface area contributed by atoms with Gasteiger partial charge in [-0.15, -0.1) is 0 Å². The molecule has 8 nitrogen and oxygen atoms in total. The van der Waals surface area contributed by atoms with E-state index >= 15 is 0 Å². The summed E-state index contributed by atoms with van der Waals surface area (Å²) in [6.45, 7) is 3.95. The molecule has 0 aromatic heterocycles. The first-order valence-corrected chi connectivity index (χ1v) is 9.94. The third kappa shape index (κ3) is 4.22. The zero-order chi connectivity index (χ0) is 21.1. The number of amides is 4. The van der Waals surface area contributed by atoms with E-state index in [9.17, 15) is 14.4 Å². The van der Waals surface area contributed by atoms with E-state index in [2.05, 4.69) is 5.32 Å². The maximum atomic E-state index is 12.8. The zero-order valence-corrected chi connectivity index (χ0v) is 16.8.